The predicted octanol–water partition coefficient (Wildman–Crippen LogP) is 2.30. The van der Waals surface area contributed by atoms with E-state index >= 15 is 0 Å². The molecule has 2 heteroatoms. The van der Waals surface area contributed by atoms with Crippen LogP contribution in [0.15, 0.2) is 0 Å². The number of nitrogens with two attached hydrogens (primary N) is 1. The van der Waals surface area contributed by atoms with Gasteiger partial charge in [0.1, 0.15) is 0 Å². The van der Waals surface area contributed by atoms with Crippen LogP contribution in [-0.4, -0.2) is 17.3 Å². The highest BCUT2D eigenvalue weighted by Crippen LogP contribution is 2.35. The van der Waals surface area contributed by atoms with Crippen molar-refractivity contribution in [1.29, 1.82) is 0 Å². The Morgan fingerprint density at radius 2 is 1.71 bits per heavy atom. The Balaban J connectivity index is 2.66. The second-order valence-corrected chi connectivity index (χ2v) is 5.04. The van der Waals surface area contributed by atoms with Gasteiger partial charge in [-0.3, -0.25) is 0 Å². The Labute approximate surface area is 87.9 Å². The van der Waals surface area contributed by atoms with Crippen LogP contribution in [0.4, 0.5) is 0 Å². The molecule has 0 bridgehead atoms. The van der Waals surface area contributed by atoms with Crippen molar-refractivity contribution in [2.45, 2.75) is 58.0 Å². The summed E-state index contributed by atoms with van der Waals surface area (Å²) in [4.78, 5) is 0. The average molecular weight is 199 g/mol. The highest BCUT2D eigenvalue weighted by Gasteiger charge is 2.38. The molecule has 0 amide bonds. The Hall–Kier alpha value is -0.0800. The van der Waals surface area contributed by atoms with Gasteiger partial charge >= 0.3 is 0 Å². The van der Waals surface area contributed by atoms with Gasteiger partial charge in [-0.05, 0) is 24.7 Å². The molecule has 2 nitrogen and oxygen atoms in total. The molecule has 3 N–H and O–H groups in total. The molecule has 84 valence electrons. The number of hydrogen-bond donors (Lipinski definition) is 2. The lowest BCUT2D eigenvalue weighted by molar-refractivity contribution is -0.0556. The van der Waals surface area contributed by atoms with Gasteiger partial charge < -0.3 is 10.8 Å². The van der Waals surface area contributed by atoms with Crippen LogP contribution in [0, 0.1) is 11.8 Å². The molecule has 1 rings (SSSR count). The van der Waals surface area contributed by atoms with E-state index in [4.69, 9.17) is 5.73 Å². The van der Waals surface area contributed by atoms with Crippen LogP contribution in [0.1, 0.15) is 52.4 Å². The predicted molar refractivity (Wildman–Crippen MR) is 60.0 cm³/mol. The Morgan fingerprint density at radius 1 is 1.21 bits per heavy atom. The summed E-state index contributed by atoms with van der Waals surface area (Å²) in [5.41, 5.74) is 5.12. The first-order valence-electron chi connectivity index (χ1n) is 6.03. The van der Waals surface area contributed by atoms with E-state index < -0.39 is 5.60 Å². The molecule has 1 aliphatic carbocycles. The third kappa shape index (κ3) is 2.48. The Kier molecular flexibility index (Phi) is 4.39. The molecular formula is C12H25NO. The van der Waals surface area contributed by atoms with E-state index in [1.165, 1.54) is 25.7 Å². The Bertz CT molecular complexity index is 162. The highest BCUT2D eigenvalue weighted by atomic mass is 16.3. The van der Waals surface area contributed by atoms with Gasteiger partial charge in [0.05, 0.1) is 5.60 Å². The van der Waals surface area contributed by atoms with E-state index in [1.54, 1.807) is 0 Å². The third-order valence-corrected chi connectivity index (χ3v) is 3.89. The molecule has 1 atom stereocenters. The van der Waals surface area contributed by atoms with Gasteiger partial charge in [-0.1, -0.05) is 39.5 Å². The first kappa shape index (κ1) is 12.0. The van der Waals surface area contributed by atoms with Crippen molar-refractivity contribution in [3.63, 3.8) is 0 Å². The fourth-order valence-electron chi connectivity index (χ4n) is 2.65. The number of aliphatic hydroxyl groups is 1. The molecule has 0 radical (unpaired) electrons. The lowest BCUT2D eigenvalue weighted by atomic mass is 9.75. The average Bonchev–Trinajstić information content (AvgIpc) is 2.44. The molecule has 1 unspecified atom stereocenters. The van der Waals surface area contributed by atoms with Gasteiger partial charge in [-0.25, -0.2) is 0 Å². The second kappa shape index (κ2) is 5.13. The van der Waals surface area contributed by atoms with Crippen LogP contribution in [-0.2, 0) is 0 Å². The first-order valence-corrected chi connectivity index (χ1v) is 6.03. The summed E-state index contributed by atoms with van der Waals surface area (Å²) in [6, 6.07) is 0. The lowest BCUT2D eigenvalue weighted by Gasteiger charge is -2.38. The summed E-state index contributed by atoms with van der Waals surface area (Å²) in [5, 5.41) is 10.5. The molecule has 1 aliphatic rings. The van der Waals surface area contributed by atoms with Crippen LogP contribution in [0.2, 0.25) is 0 Å². The van der Waals surface area contributed by atoms with Gasteiger partial charge in [-0.2, -0.15) is 0 Å². The minimum Gasteiger partial charge on any atom is -0.388 e. The molecule has 0 aliphatic heterocycles. The first-order chi connectivity index (χ1) is 6.61. The van der Waals surface area contributed by atoms with Crippen LogP contribution >= 0.6 is 0 Å². The smallest absolute Gasteiger partial charge is 0.0820 e. The lowest BCUT2D eigenvalue weighted by Crippen LogP contribution is -2.49. The molecule has 1 fully saturated rings. The largest absolute Gasteiger partial charge is 0.388 e. The standard InChI is InChI=1S/C12H25NO/c1-10(2)12(14,9-13)11-7-5-3-4-6-8-11/h10-11,14H,3-9,13H2,1-2H3. The van der Waals surface area contributed by atoms with Crippen molar-refractivity contribution < 1.29 is 5.11 Å². The molecule has 1 saturated carbocycles. The molecule has 0 aromatic heterocycles. The van der Waals surface area contributed by atoms with Crippen LogP contribution < -0.4 is 5.73 Å². The fraction of sp³-hybridized carbons (Fsp3) is 1.00. The van der Waals surface area contributed by atoms with Gasteiger partial charge in [-0.15, -0.1) is 0 Å². The van der Waals surface area contributed by atoms with Crippen molar-refractivity contribution in [2.24, 2.45) is 17.6 Å². The van der Waals surface area contributed by atoms with E-state index in [-0.39, 0.29) is 5.92 Å². The van der Waals surface area contributed by atoms with Gasteiger partial charge in [0.25, 0.3) is 0 Å². The molecule has 0 spiro atoms. The highest BCUT2D eigenvalue weighted by molar-refractivity contribution is 4.90. The van der Waals surface area contributed by atoms with Crippen molar-refractivity contribution in [3.8, 4) is 0 Å². The van der Waals surface area contributed by atoms with Crippen molar-refractivity contribution >= 4 is 0 Å². The summed E-state index contributed by atoms with van der Waals surface area (Å²) in [6.07, 6.45) is 7.50. The number of hydrogen-bond acceptors (Lipinski definition) is 2. The van der Waals surface area contributed by atoms with E-state index in [0.717, 1.165) is 12.8 Å². The van der Waals surface area contributed by atoms with Crippen LogP contribution in [0.5, 0.6) is 0 Å². The van der Waals surface area contributed by atoms with Gasteiger partial charge in [0.2, 0.25) is 0 Å². The van der Waals surface area contributed by atoms with Crippen LogP contribution in [0.25, 0.3) is 0 Å². The summed E-state index contributed by atoms with van der Waals surface area (Å²) >= 11 is 0. The molecule has 14 heavy (non-hydrogen) atoms. The normalized spacial score (nSPS) is 24.6. The zero-order chi connectivity index (χ0) is 10.6. The SMILES string of the molecule is CC(C)C(O)(CN)C1CCCCCC1. The van der Waals surface area contributed by atoms with Gasteiger partial charge in [0, 0.05) is 6.54 Å². The molecule has 0 heterocycles. The maximum absolute atomic E-state index is 10.5. The van der Waals surface area contributed by atoms with Crippen molar-refractivity contribution in [1.82, 2.24) is 0 Å². The van der Waals surface area contributed by atoms with Crippen molar-refractivity contribution in [2.75, 3.05) is 6.54 Å². The minimum absolute atomic E-state index is 0.274. The van der Waals surface area contributed by atoms with E-state index in [2.05, 4.69) is 13.8 Å². The fourth-order valence-corrected chi connectivity index (χ4v) is 2.65. The summed E-state index contributed by atoms with van der Waals surface area (Å²) in [5.74, 6) is 0.700. The summed E-state index contributed by atoms with van der Waals surface area (Å²) in [7, 11) is 0. The van der Waals surface area contributed by atoms with E-state index in [1.807, 2.05) is 0 Å². The number of rotatable bonds is 3. The topological polar surface area (TPSA) is 46.2 Å². The zero-order valence-electron chi connectivity index (χ0n) is 9.63. The molecule has 0 saturated heterocycles. The minimum atomic E-state index is -0.621. The summed E-state index contributed by atoms with van der Waals surface area (Å²) < 4.78 is 0. The molecule has 0 aromatic carbocycles. The molecular weight excluding hydrogens is 174 g/mol. The quantitative estimate of drug-likeness (QED) is 0.685. The van der Waals surface area contributed by atoms with E-state index in [0.29, 0.717) is 12.5 Å². The van der Waals surface area contributed by atoms with Crippen LogP contribution in [0.3, 0.4) is 0 Å². The van der Waals surface area contributed by atoms with E-state index in [9.17, 15) is 5.11 Å². The zero-order valence-corrected chi connectivity index (χ0v) is 9.63. The van der Waals surface area contributed by atoms with Crippen molar-refractivity contribution in [3.05, 3.63) is 0 Å². The second-order valence-electron chi connectivity index (χ2n) is 5.04. The molecule has 0 aromatic rings. The maximum Gasteiger partial charge on any atom is 0.0820 e. The maximum atomic E-state index is 10.5. The van der Waals surface area contributed by atoms with Gasteiger partial charge in [0.15, 0.2) is 0 Å². The summed E-state index contributed by atoms with van der Waals surface area (Å²) in [6.45, 7) is 4.57. The monoisotopic (exact) mass is 199 g/mol. The Morgan fingerprint density at radius 3 is 2.07 bits per heavy atom. The third-order valence-electron chi connectivity index (χ3n) is 3.89.